The summed E-state index contributed by atoms with van der Waals surface area (Å²) in [5, 5.41) is 1.46. The summed E-state index contributed by atoms with van der Waals surface area (Å²) in [7, 11) is 2.85. The fraction of sp³-hybridized carbons (Fsp3) is 0.156. The number of H-pyrrole nitrogens is 1. The van der Waals surface area contributed by atoms with Gasteiger partial charge in [0.1, 0.15) is 11.8 Å². The van der Waals surface area contributed by atoms with Crippen LogP contribution in [0.5, 0.6) is 5.75 Å². The van der Waals surface area contributed by atoms with Gasteiger partial charge in [0.15, 0.2) is 4.80 Å². The second-order valence-electron chi connectivity index (χ2n) is 9.74. The molecule has 2 aromatic heterocycles. The maximum atomic E-state index is 14.2. The van der Waals surface area contributed by atoms with Crippen molar-refractivity contribution >= 4 is 45.9 Å². The number of carbonyl (C=O) groups excluding carboxylic acids is 1. The smallest absolute Gasteiger partial charge is 0.338 e. The summed E-state index contributed by atoms with van der Waals surface area (Å²) in [6, 6.07) is 20.4. The molecule has 1 atom stereocenters. The van der Waals surface area contributed by atoms with Gasteiger partial charge in [-0.1, -0.05) is 71.5 Å². The summed E-state index contributed by atoms with van der Waals surface area (Å²) in [4.78, 5) is 36.0. The number of rotatable bonds is 5. The number of halogens is 1. The minimum absolute atomic E-state index is 0.250. The average Bonchev–Trinajstić information content (AvgIpc) is 3.50. The van der Waals surface area contributed by atoms with E-state index in [2.05, 4.69) is 23.0 Å². The number of methoxy groups -OCH3 is 2. The van der Waals surface area contributed by atoms with Crippen LogP contribution in [0.25, 0.3) is 28.2 Å². The van der Waals surface area contributed by atoms with Crippen molar-refractivity contribution in [1.82, 2.24) is 9.55 Å². The molecular weight excluding hydrogens is 558 g/mol. The number of aromatic nitrogens is 2. The van der Waals surface area contributed by atoms with Gasteiger partial charge < -0.3 is 14.5 Å². The highest BCUT2D eigenvalue weighted by atomic mass is 35.5. The maximum Gasteiger partial charge on any atom is 0.338 e. The van der Waals surface area contributed by atoms with Gasteiger partial charge in [-0.05, 0) is 49.2 Å². The number of fused-ring (bicyclic) bond motifs is 2. The Kier molecular flexibility index (Phi) is 6.89. The SMILES string of the molecule is COC(=O)C1=C(C)N=c2s/c(=C\c3c(-c4ccccc4)[nH]c4c(C)cccc34)c(=O)n2[C@@H]1c1cc(Cl)ccc1OC. The van der Waals surface area contributed by atoms with Crippen LogP contribution < -0.4 is 19.6 Å². The van der Waals surface area contributed by atoms with Crippen molar-refractivity contribution in [3.05, 3.63) is 119 Å². The molecule has 41 heavy (non-hydrogen) atoms. The number of thiazole rings is 1. The van der Waals surface area contributed by atoms with Crippen LogP contribution in [0.15, 0.2) is 87.8 Å². The van der Waals surface area contributed by atoms with E-state index < -0.39 is 12.0 Å². The molecular formula is C32H26ClN3O4S. The lowest BCUT2D eigenvalue weighted by Gasteiger charge is -2.25. The quantitative estimate of drug-likeness (QED) is 0.276. The van der Waals surface area contributed by atoms with E-state index in [-0.39, 0.29) is 11.1 Å². The number of allylic oxidation sites excluding steroid dienone is 1. The molecule has 0 saturated carbocycles. The van der Waals surface area contributed by atoms with Gasteiger partial charge in [0.2, 0.25) is 0 Å². The molecule has 9 heteroatoms. The monoisotopic (exact) mass is 583 g/mol. The Morgan fingerprint density at radius 1 is 1.07 bits per heavy atom. The Hall–Kier alpha value is -4.40. The van der Waals surface area contributed by atoms with Gasteiger partial charge in [0.25, 0.3) is 5.56 Å². The molecule has 0 aliphatic carbocycles. The zero-order valence-electron chi connectivity index (χ0n) is 22.8. The van der Waals surface area contributed by atoms with Crippen LogP contribution in [-0.2, 0) is 9.53 Å². The number of aromatic amines is 1. The average molecular weight is 584 g/mol. The lowest BCUT2D eigenvalue weighted by Crippen LogP contribution is -2.40. The third-order valence-corrected chi connectivity index (χ3v) is 8.55. The zero-order valence-corrected chi connectivity index (χ0v) is 24.4. The summed E-state index contributed by atoms with van der Waals surface area (Å²) in [5.74, 6) is -0.0884. The van der Waals surface area contributed by atoms with Crippen molar-refractivity contribution in [2.45, 2.75) is 19.9 Å². The zero-order chi connectivity index (χ0) is 28.8. The summed E-state index contributed by atoms with van der Waals surface area (Å²) < 4.78 is 12.8. The second-order valence-corrected chi connectivity index (χ2v) is 11.2. The van der Waals surface area contributed by atoms with Crippen LogP contribution in [0, 0.1) is 6.92 Å². The highest BCUT2D eigenvalue weighted by Gasteiger charge is 2.35. The van der Waals surface area contributed by atoms with Crippen LogP contribution in [0.3, 0.4) is 0 Å². The number of carbonyl (C=O) groups is 1. The lowest BCUT2D eigenvalue weighted by molar-refractivity contribution is -0.136. The van der Waals surface area contributed by atoms with Crippen LogP contribution in [0.2, 0.25) is 5.02 Å². The van der Waals surface area contributed by atoms with Gasteiger partial charge >= 0.3 is 5.97 Å². The molecule has 1 aliphatic heterocycles. The molecule has 5 aromatic rings. The minimum atomic E-state index is -0.840. The molecule has 0 spiro atoms. The fourth-order valence-electron chi connectivity index (χ4n) is 5.40. The summed E-state index contributed by atoms with van der Waals surface area (Å²) in [6.07, 6.45) is 1.91. The topological polar surface area (TPSA) is 85.7 Å². The normalized spacial score (nSPS) is 15.1. The van der Waals surface area contributed by atoms with Gasteiger partial charge in [-0.3, -0.25) is 9.36 Å². The van der Waals surface area contributed by atoms with E-state index in [1.807, 2.05) is 48.5 Å². The number of para-hydroxylation sites is 1. The van der Waals surface area contributed by atoms with Crippen LogP contribution in [0.4, 0.5) is 0 Å². The second kappa shape index (κ2) is 10.5. The molecule has 0 fully saturated rings. The van der Waals surface area contributed by atoms with E-state index in [0.29, 0.717) is 31.4 Å². The Bertz CT molecular complexity index is 2050. The molecule has 0 radical (unpaired) electrons. The Morgan fingerprint density at radius 2 is 1.85 bits per heavy atom. The number of esters is 1. The predicted molar refractivity (Wildman–Crippen MR) is 162 cm³/mol. The highest BCUT2D eigenvalue weighted by molar-refractivity contribution is 7.07. The van der Waals surface area contributed by atoms with E-state index in [9.17, 15) is 9.59 Å². The molecule has 0 amide bonds. The van der Waals surface area contributed by atoms with Crippen molar-refractivity contribution in [2.75, 3.05) is 14.2 Å². The molecule has 7 nitrogen and oxygen atoms in total. The van der Waals surface area contributed by atoms with Crippen molar-refractivity contribution in [3.63, 3.8) is 0 Å². The Morgan fingerprint density at radius 3 is 2.59 bits per heavy atom. The van der Waals surface area contributed by atoms with Crippen molar-refractivity contribution in [1.29, 1.82) is 0 Å². The number of aryl methyl sites for hydroxylation is 1. The maximum absolute atomic E-state index is 14.2. The molecule has 1 aliphatic rings. The summed E-state index contributed by atoms with van der Waals surface area (Å²) in [6.45, 7) is 3.80. The van der Waals surface area contributed by atoms with Crippen molar-refractivity contribution in [3.8, 4) is 17.0 Å². The molecule has 1 N–H and O–H groups in total. The van der Waals surface area contributed by atoms with Crippen LogP contribution >= 0.6 is 22.9 Å². The van der Waals surface area contributed by atoms with Gasteiger partial charge in [0.05, 0.1) is 35.7 Å². The molecule has 0 saturated heterocycles. The number of benzene rings is 3. The van der Waals surface area contributed by atoms with Gasteiger partial charge in [-0.2, -0.15) is 0 Å². The van der Waals surface area contributed by atoms with Gasteiger partial charge in [-0.15, -0.1) is 0 Å². The summed E-state index contributed by atoms with van der Waals surface area (Å²) >= 11 is 7.67. The first-order valence-electron chi connectivity index (χ1n) is 12.9. The van der Waals surface area contributed by atoms with Gasteiger partial charge in [-0.25, -0.2) is 9.79 Å². The first-order chi connectivity index (χ1) is 19.8. The molecule has 3 heterocycles. The van der Waals surface area contributed by atoms with Crippen molar-refractivity contribution < 1.29 is 14.3 Å². The Labute approximate surface area is 244 Å². The van der Waals surface area contributed by atoms with E-state index in [0.717, 1.165) is 33.3 Å². The minimum Gasteiger partial charge on any atom is -0.496 e. The van der Waals surface area contributed by atoms with Crippen LogP contribution in [-0.4, -0.2) is 29.7 Å². The van der Waals surface area contributed by atoms with E-state index >= 15 is 0 Å². The van der Waals surface area contributed by atoms with Crippen molar-refractivity contribution in [2.24, 2.45) is 4.99 Å². The van der Waals surface area contributed by atoms with Gasteiger partial charge in [0, 0.05) is 27.1 Å². The number of ether oxygens (including phenoxy) is 2. The first-order valence-corrected chi connectivity index (χ1v) is 14.1. The number of hydrogen-bond donors (Lipinski definition) is 1. The lowest BCUT2D eigenvalue weighted by atomic mass is 9.95. The molecule has 0 bridgehead atoms. The van der Waals surface area contributed by atoms with E-state index in [1.165, 1.54) is 30.1 Å². The highest BCUT2D eigenvalue weighted by Crippen LogP contribution is 2.37. The first kappa shape index (κ1) is 26.8. The number of nitrogens with one attached hydrogen (secondary N) is 1. The predicted octanol–water partition coefficient (Wildman–Crippen LogP) is 5.53. The third kappa shape index (κ3) is 4.49. The molecule has 6 rings (SSSR count). The van der Waals surface area contributed by atoms with E-state index in [4.69, 9.17) is 21.1 Å². The van der Waals surface area contributed by atoms with E-state index in [1.54, 1.807) is 25.1 Å². The largest absolute Gasteiger partial charge is 0.496 e. The number of nitrogens with zero attached hydrogens (tertiary/aromatic N) is 2. The number of hydrogen-bond acceptors (Lipinski definition) is 6. The molecule has 206 valence electrons. The molecule has 0 unspecified atom stereocenters. The standard InChI is InChI=1S/C32H26ClN3O4S/c1-17-9-8-12-21-22(28(35-27(17)21)19-10-6-5-7-11-19)16-25-30(37)36-29(23-15-20(33)13-14-24(23)39-3)26(31(38)40-4)18(2)34-32(36)41-25/h5-16,29,35H,1-4H3/b25-16-/t29-/m1/s1. The fourth-order valence-corrected chi connectivity index (χ4v) is 6.61. The molecule has 3 aromatic carbocycles. The summed E-state index contributed by atoms with van der Waals surface area (Å²) in [5.41, 5.74) is 5.94. The third-order valence-electron chi connectivity index (χ3n) is 7.33. The Balaban J connectivity index is 1.66. The van der Waals surface area contributed by atoms with Crippen LogP contribution in [0.1, 0.15) is 29.7 Å².